The zero-order chi connectivity index (χ0) is 16.1. The number of benzene rings is 1. The van der Waals surface area contributed by atoms with Gasteiger partial charge in [-0.15, -0.1) is 0 Å². The van der Waals surface area contributed by atoms with E-state index in [0.29, 0.717) is 0 Å². The van der Waals surface area contributed by atoms with Crippen LogP contribution in [0.3, 0.4) is 0 Å². The van der Waals surface area contributed by atoms with E-state index < -0.39 is 0 Å². The van der Waals surface area contributed by atoms with Crippen LogP contribution in [-0.2, 0) is 0 Å². The van der Waals surface area contributed by atoms with Gasteiger partial charge in [0.05, 0.1) is 0 Å². The summed E-state index contributed by atoms with van der Waals surface area (Å²) in [5.41, 5.74) is 3.25. The molecule has 22 heavy (non-hydrogen) atoms. The van der Waals surface area contributed by atoms with E-state index in [2.05, 4.69) is 50.0 Å². The Labute approximate surface area is 134 Å². The van der Waals surface area contributed by atoms with Crippen molar-refractivity contribution in [3.63, 3.8) is 0 Å². The fourth-order valence-electron chi connectivity index (χ4n) is 2.98. The Kier molecular flexibility index (Phi) is 5.69. The molecule has 0 radical (unpaired) electrons. The van der Waals surface area contributed by atoms with Crippen molar-refractivity contribution in [3.05, 3.63) is 23.8 Å². The molecule has 1 heterocycles. The smallest absolute Gasteiger partial charge is 0.321 e. The van der Waals surface area contributed by atoms with Crippen LogP contribution in [0.2, 0.25) is 0 Å². The van der Waals surface area contributed by atoms with Crippen LogP contribution in [0.25, 0.3) is 0 Å². The van der Waals surface area contributed by atoms with Gasteiger partial charge < -0.3 is 15.1 Å². The minimum absolute atomic E-state index is 0.0330. The molecule has 2 amide bonds. The van der Waals surface area contributed by atoms with Crippen LogP contribution >= 0.6 is 0 Å². The van der Waals surface area contributed by atoms with Gasteiger partial charge in [0.25, 0.3) is 0 Å². The Morgan fingerprint density at radius 2 is 1.91 bits per heavy atom. The predicted octanol–water partition coefficient (Wildman–Crippen LogP) is 4.11. The second-order valence-electron chi connectivity index (χ2n) is 6.27. The number of urea groups is 1. The van der Waals surface area contributed by atoms with E-state index in [1.54, 1.807) is 0 Å². The quantitative estimate of drug-likeness (QED) is 0.908. The maximum absolute atomic E-state index is 12.4. The summed E-state index contributed by atoms with van der Waals surface area (Å²) >= 11 is 0. The van der Waals surface area contributed by atoms with Gasteiger partial charge in [-0.3, -0.25) is 0 Å². The summed E-state index contributed by atoms with van der Waals surface area (Å²) in [7, 11) is 0. The summed E-state index contributed by atoms with van der Waals surface area (Å²) in [6.45, 7) is 12.3. The molecule has 4 heteroatoms. The highest BCUT2D eigenvalue weighted by Crippen LogP contribution is 2.24. The van der Waals surface area contributed by atoms with Crippen molar-refractivity contribution in [2.24, 2.45) is 5.92 Å². The number of nitrogens with zero attached hydrogens (tertiary/aromatic N) is 2. The standard InChI is InChI=1S/C18H29N3O/c1-5-20(6-2)16-7-8-17(15(4)13-16)19-18(22)21-11-9-14(3)10-12-21/h7-8,13-14H,5-6,9-12H2,1-4H3,(H,19,22). The van der Waals surface area contributed by atoms with Crippen LogP contribution in [0.4, 0.5) is 16.2 Å². The first-order valence-corrected chi connectivity index (χ1v) is 8.46. The highest BCUT2D eigenvalue weighted by molar-refractivity contribution is 5.90. The van der Waals surface area contributed by atoms with E-state index in [1.165, 1.54) is 5.69 Å². The average Bonchev–Trinajstić information content (AvgIpc) is 2.51. The van der Waals surface area contributed by atoms with Crippen molar-refractivity contribution >= 4 is 17.4 Å². The SMILES string of the molecule is CCN(CC)c1ccc(NC(=O)N2CCC(C)CC2)c(C)c1. The van der Waals surface area contributed by atoms with Gasteiger partial charge in [0.1, 0.15) is 0 Å². The zero-order valence-corrected chi connectivity index (χ0v) is 14.4. The lowest BCUT2D eigenvalue weighted by Crippen LogP contribution is -2.40. The second kappa shape index (κ2) is 7.52. The summed E-state index contributed by atoms with van der Waals surface area (Å²) in [6, 6.07) is 6.30. The fraction of sp³-hybridized carbons (Fsp3) is 0.611. The van der Waals surface area contributed by atoms with Gasteiger partial charge in [0.2, 0.25) is 0 Å². The van der Waals surface area contributed by atoms with Crippen LogP contribution in [0.15, 0.2) is 18.2 Å². The van der Waals surface area contributed by atoms with Crippen molar-refractivity contribution in [1.82, 2.24) is 4.90 Å². The summed E-state index contributed by atoms with van der Waals surface area (Å²) < 4.78 is 0. The minimum atomic E-state index is 0.0330. The lowest BCUT2D eigenvalue weighted by molar-refractivity contribution is 0.186. The number of amides is 2. The normalized spacial score (nSPS) is 15.7. The molecular formula is C18H29N3O. The number of carbonyl (C=O) groups excluding carboxylic acids is 1. The number of rotatable bonds is 4. The maximum atomic E-state index is 12.4. The first-order valence-electron chi connectivity index (χ1n) is 8.46. The number of hydrogen-bond donors (Lipinski definition) is 1. The van der Waals surface area contributed by atoms with Crippen LogP contribution < -0.4 is 10.2 Å². The molecule has 0 aliphatic carbocycles. The second-order valence-corrected chi connectivity index (χ2v) is 6.27. The van der Waals surface area contributed by atoms with Crippen molar-refractivity contribution in [2.45, 2.75) is 40.5 Å². The number of aryl methyl sites for hydroxylation is 1. The molecule has 1 aliphatic heterocycles. The van der Waals surface area contributed by atoms with Gasteiger partial charge in [-0.05, 0) is 63.3 Å². The van der Waals surface area contributed by atoms with Crippen molar-refractivity contribution in [2.75, 3.05) is 36.4 Å². The number of piperidine rings is 1. The Hall–Kier alpha value is -1.71. The third kappa shape index (κ3) is 3.93. The van der Waals surface area contributed by atoms with E-state index in [4.69, 9.17) is 0 Å². The molecule has 2 rings (SSSR count). The molecule has 0 unspecified atom stereocenters. The molecule has 0 spiro atoms. The Morgan fingerprint density at radius 3 is 2.45 bits per heavy atom. The topological polar surface area (TPSA) is 35.6 Å². The number of carbonyl (C=O) groups is 1. The van der Waals surface area contributed by atoms with Crippen molar-refractivity contribution in [3.8, 4) is 0 Å². The highest BCUT2D eigenvalue weighted by atomic mass is 16.2. The summed E-state index contributed by atoms with van der Waals surface area (Å²) in [5, 5.41) is 3.07. The molecule has 0 saturated carbocycles. The molecule has 1 fully saturated rings. The van der Waals surface area contributed by atoms with Gasteiger partial charge in [0.15, 0.2) is 0 Å². The largest absolute Gasteiger partial charge is 0.372 e. The molecule has 1 aromatic rings. The molecule has 0 aromatic heterocycles. The maximum Gasteiger partial charge on any atom is 0.321 e. The number of anilines is 2. The zero-order valence-electron chi connectivity index (χ0n) is 14.4. The first kappa shape index (κ1) is 16.7. The Bertz CT molecular complexity index is 503. The van der Waals surface area contributed by atoms with E-state index >= 15 is 0 Å². The summed E-state index contributed by atoms with van der Waals surface area (Å²) in [5.74, 6) is 0.735. The molecule has 122 valence electrons. The van der Waals surface area contributed by atoms with E-state index in [-0.39, 0.29) is 6.03 Å². The average molecular weight is 303 g/mol. The van der Waals surface area contributed by atoms with Crippen molar-refractivity contribution < 1.29 is 4.79 Å². The molecule has 4 nitrogen and oxygen atoms in total. The van der Waals surface area contributed by atoms with Gasteiger partial charge in [-0.2, -0.15) is 0 Å². The van der Waals surface area contributed by atoms with Gasteiger partial charge in [0, 0.05) is 37.6 Å². The van der Waals surface area contributed by atoms with E-state index in [1.807, 2.05) is 11.0 Å². The van der Waals surface area contributed by atoms with Gasteiger partial charge >= 0.3 is 6.03 Å². The van der Waals surface area contributed by atoms with Gasteiger partial charge in [-0.1, -0.05) is 6.92 Å². The molecule has 0 atom stereocenters. The van der Waals surface area contributed by atoms with Crippen LogP contribution in [0, 0.1) is 12.8 Å². The molecular weight excluding hydrogens is 274 g/mol. The first-order chi connectivity index (χ1) is 10.5. The van der Waals surface area contributed by atoms with Crippen LogP contribution in [0.1, 0.15) is 39.2 Å². The molecule has 1 aliphatic rings. The summed E-state index contributed by atoms with van der Waals surface area (Å²) in [4.78, 5) is 16.6. The Balaban J connectivity index is 2.02. The lowest BCUT2D eigenvalue weighted by Gasteiger charge is -2.30. The van der Waals surface area contributed by atoms with E-state index in [9.17, 15) is 4.79 Å². The molecule has 1 aromatic carbocycles. The monoisotopic (exact) mass is 303 g/mol. The number of nitrogens with one attached hydrogen (secondary N) is 1. The predicted molar refractivity (Wildman–Crippen MR) is 93.7 cm³/mol. The molecule has 1 saturated heterocycles. The molecule has 1 N–H and O–H groups in total. The van der Waals surface area contributed by atoms with Crippen molar-refractivity contribution in [1.29, 1.82) is 0 Å². The third-order valence-electron chi connectivity index (χ3n) is 4.65. The van der Waals surface area contributed by atoms with Gasteiger partial charge in [-0.25, -0.2) is 4.79 Å². The van der Waals surface area contributed by atoms with E-state index in [0.717, 1.165) is 56.2 Å². The number of likely N-dealkylation sites (tertiary alicyclic amines) is 1. The lowest BCUT2D eigenvalue weighted by atomic mass is 10.00. The number of hydrogen-bond acceptors (Lipinski definition) is 2. The minimum Gasteiger partial charge on any atom is -0.372 e. The summed E-state index contributed by atoms with van der Waals surface area (Å²) in [6.07, 6.45) is 2.21. The van der Waals surface area contributed by atoms with Crippen LogP contribution in [-0.4, -0.2) is 37.1 Å². The Morgan fingerprint density at radius 1 is 1.27 bits per heavy atom. The highest BCUT2D eigenvalue weighted by Gasteiger charge is 2.20. The van der Waals surface area contributed by atoms with Crippen LogP contribution in [0.5, 0.6) is 0 Å². The molecule has 0 bridgehead atoms. The third-order valence-corrected chi connectivity index (χ3v) is 4.65. The fourth-order valence-corrected chi connectivity index (χ4v) is 2.98.